The average Bonchev–Trinajstić information content (AvgIpc) is 2.53. The van der Waals surface area contributed by atoms with E-state index in [2.05, 4.69) is 36.5 Å². The molecular weight excluding hydrogens is 246 g/mol. The Bertz CT molecular complexity index is 585. The molecule has 1 aliphatic carbocycles. The molecule has 3 heteroatoms. The van der Waals surface area contributed by atoms with Crippen molar-refractivity contribution in [3.63, 3.8) is 0 Å². The molecule has 0 amide bonds. The van der Waals surface area contributed by atoms with Crippen LogP contribution in [0.2, 0.25) is 0 Å². The predicted molar refractivity (Wildman–Crippen MR) is 82.2 cm³/mol. The Kier molecular flexibility index (Phi) is 3.68. The topological polar surface area (TPSA) is 37.8 Å². The normalized spacial score (nSPS) is 17.6. The van der Waals surface area contributed by atoms with Gasteiger partial charge in [0.05, 0.1) is 0 Å². The number of hydrogen-bond donors (Lipinski definition) is 1. The van der Waals surface area contributed by atoms with Crippen molar-refractivity contribution < 1.29 is 0 Å². The first-order valence-electron chi connectivity index (χ1n) is 7.45. The van der Waals surface area contributed by atoms with Crippen molar-refractivity contribution in [1.29, 1.82) is 0 Å². The first kappa shape index (κ1) is 13.1. The lowest BCUT2D eigenvalue weighted by Crippen LogP contribution is -2.15. The zero-order valence-electron chi connectivity index (χ0n) is 12.2. The zero-order valence-corrected chi connectivity index (χ0v) is 12.2. The predicted octanol–water partition coefficient (Wildman–Crippen LogP) is 3.55. The summed E-state index contributed by atoms with van der Waals surface area (Å²) in [4.78, 5) is 9.47. The Morgan fingerprint density at radius 3 is 2.90 bits per heavy atom. The van der Waals surface area contributed by atoms with Gasteiger partial charge in [0.2, 0.25) is 0 Å². The van der Waals surface area contributed by atoms with Gasteiger partial charge in [-0.25, -0.2) is 9.97 Å². The Morgan fingerprint density at radius 1 is 1.25 bits per heavy atom. The van der Waals surface area contributed by atoms with E-state index < -0.39 is 0 Å². The quantitative estimate of drug-likeness (QED) is 0.924. The lowest BCUT2D eigenvalue weighted by molar-refractivity contribution is 0.588. The van der Waals surface area contributed by atoms with Crippen molar-refractivity contribution in [2.45, 2.75) is 38.5 Å². The van der Waals surface area contributed by atoms with Crippen molar-refractivity contribution in [3.05, 3.63) is 53.0 Å². The van der Waals surface area contributed by atoms with Gasteiger partial charge in [-0.1, -0.05) is 31.2 Å². The molecule has 1 N–H and O–H groups in total. The lowest BCUT2D eigenvalue weighted by atomic mass is 9.82. The van der Waals surface area contributed by atoms with Crippen LogP contribution in [-0.4, -0.2) is 17.0 Å². The van der Waals surface area contributed by atoms with Gasteiger partial charge in [-0.2, -0.15) is 0 Å². The molecule has 1 heterocycles. The molecule has 0 bridgehead atoms. The summed E-state index contributed by atoms with van der Waals surface area (Å²) in [7, 11) is 1.92. The minimum atomic E-state index is 0.346. The number of fused-ring (bicyclic) bond motifs is 1. The maximum Gasteiger partial charge on any atom is 0.138 e. The van der Waals surface area contributed by atoms with Gasteiger partial charge in [0.1, 0.15) is 11.6 Å². The van der Waals surface area contributed by atoms with Gasteiger partial charge in [0.15, 0.2) is 0 Å². The van der Waals surface area contributed by atoms with Crippen LogP contribution in [0.15, 0.2) is 30.3 Å². The molecule has 3 nitrogen and oxygen atoms in total. The molecule has 0 fully saturated rings. The van der Waals surface area contributed by atoms with Crippen LogP contribution in [0, 0.1) is 0 Å². The van der Waals surface area contributed by atoms with Gasteiger partial charge in [0, 0.05) is 24.7 Å². The van der Waals surface area contributed by atoms with Crippen LogP contribution in [0.1, 0.15) is 48.3 Å². The van der Waals surface area contributed by atoms with Crippen molar-refractivity contribution >= 4 is 5.82 Å². The third-order valence-electron chi connectivity index (χ3n) is 4.10. The van der Waals surface area contributed by atoms with E-state index in [0.717, 1.165) is 30.2 Å². The van der Waals surface area contributed by atoms with E-state index in [1.165, 1.54) is 24.0 Å². The van der Waals surface area contributed by atoms with Gasteiger partial charge in [-0.3, -0.25) is 0 Å². The number of nitrogens with zero attached hydrogens (tertiary/aromatic N) is 2. The average molecular weight is 267 g/mol. The van der Waals surface area contributed by atoms with Crippen LogP contribution in [0.5, 0.6) is 0 Å². The summed E-state index contributed by atoms with van der Waals surface area (Å²) in [6.45, 7) is 2.14. The molecule has 2 aromatic rings. The number of anilines is 1. The fourth-order valence-electron chi connectivity index (χ4n) is 3.01. The van der Waals surface area contributed by atoms with Crippen molar-refractivity contribution in [3.8, 4) is 0 Å². The van der Waals surface area contributed by atoms with Crippen LogP contribution >= 0.6 is 0 Å². The molecule has 1 aromatic heterocycles. The van der Waals surface area contributed by atoms with Gasteiger partial charge in [0.25, 0.3) is 0 Å². The Balaban J connectivity index is 2.05. The van der Waals surface area contributed by atoms with E-state index >= 15 is 0 Å². The van der Waals surface area contributed by atoms with E-state index in [0.29, 0.717) is 5.92 Å². The first-order chi connectivity index (χ1) is 9.81. The zero-order chi connectivity index (χ0) is 13.9. The summed E-state index contributed by atoms with van der Waals surface area (Å²) in [6.07, 6.45) is 4.49. The number of aromatic nitrogens is 2. The van der Waals surface area contributed by atoms with Crippen LogP contribution in [0.3, 0.4) is 0 Å². The molecule has 0 saturated heterocycles. The molecule has 0 spiro atoms. The minimum Gasteiger partial charge on any atom is -0.373 e. The van der Waals surface area contributed by atoms with Crippen molar-refractivity contribution in [2.24, 2.45) is 0 Å². The fourth-order valence-corrected chi connectivity index (χ4v) is 3.01. The maximum atomic E-state index is 4.77. The Morgan fingerprint density at radius 2 is 2.10 bits per heavy atom. The highest BCUT2D eigenvalue weighted by atomic mass is 15.0. The molecule has 0 radical (unpaired) electrons. The maximum absolute atomic E-state index is 4.77. The third-order valence-corrected chi connectivity index (χ3v) is 4.10. The van der Waals surface area contributed by atoms with Gasteiger partial charge in [-0.05, 0) is 36.8 Å². The molecule has 3 rings (SSSR count). The number of aryl methyl sites for hydroxylation is 2. The molecule has 20 heavy (non-hydrogen) atoms. The van der Waals surface area contributed by atoms with E-state index in [1.54, 1.807) is 0 Å². The summed E-state index contributed by atoms with van der Waals surface area (Å²) >= 11 is 0. The SMILES string of the molecule is CCc1cc(NC)nc(C2CCCc3ccccc32)n1. The van der Waals surface area contributed by atoms with Gasteiger partial charge in [-0.15, -0.1) is 0 Å². The Labute approximate surface area is 120 Å². The molecule has 1 atom stereocenters. The summed E-state index contributed by atoms with van der Waals surface area (Å²) in [5.41, 5.74) is 3.98. The number of hydrogen-bond acceptors (Lipinski definition) is 3. The van der Waals surface area contributed by atoms with Gasteiger partial charge < -0.3 is 5.32 Å². The smallest absolute Gasteiger partial charge is 0.138 e. The second-order valence-electron chi connectivity index (χ2n) is 5.35. The Hall–Kier alpha value is -1.90. The number of rotatable bonds is 3. The highest BCUT2D eigenvalue weighted by molar-refractivity contribution is 5.40. The molecule has 104 valence electrons. The molecule has 0 aliphatic heterocycles. The number of nitrogens with one attached hydrogen (secondary N) is 1. The van der Waals surface area contributed by atoms with Crippen LogP contribution in [0.4, 0.5) is 5.82 Å². The molecular formula is C17H21N3. The van der Waals surface area contributed by atoms with Crippen LogP contribution in [-0.2, 0) is 12.8 Å². The second-order valence-corrected chi connectivity index (χ2v) is 5.35. The summed E-state index contributed by atoms with van der Waals surface area (Å²) in [6, 6.07) is 10.8. The summed E-state index contributed by atoms with van der Waals surface area (Å²) < 4.78 is 0. The highest BCUT2D eigenvalue weighted by Gasteiger charge is 2.24. The molecule has 1 unspecified atom stereocenters. The van der Waals surface area contributed by atoms with Crippen LogP contribution in [0.25, 0.3) is 0 Å². The van der Waals surface area contributed by atoms with Crippen molar-refractivity contribution in [1.82, 2.24) is 9.97 Å². The highest BCUT2D eigenvalue weighted by Crippen LogP contribution is 2.35. The first-order valence-corrected chi connectivity index (χ1v) is 7.45. The van der Waals surface area contributed by atoms with E-state index in [-0.39, 0.29) is 0 Å². The largest absolute Gasteiger partial charge is 0.373 e. The van der Waals surface area contributed by atoms with Crippen molar-refractivity contribution in [2.75, 3.05) is 12.4 Å². The van der Waals surface area contributed by atoms with Crippen LogP contribution < -0.4 is 5.32 Å². The third kappa shape index (κ3) is 2.40. The fraction of sp³-hybridized carbons (Fsp3) is 0.412. The van der Waals surface area contributed by atoms with E-state index in [9.17, 15) is 0 Å². The number of benzene rings is 1. The van der Waals surface area contributed by atoms with E-state index in [1.807, 2.05) is 13.1 Å². The standard InChI is InChI=1S/C17H21N3/c1-3-13-11-16(18-2)20-17(19-13)15-10-6-8-12-7-4-5-9-14(12)15/h4-5,7,9,11,15H,3,6,8,10H2,1-2H3,(H,18,19,20). The molecule has 1 aliphatic rings. The molecule has 1 aromatic carbocycles. The van der Waals surface area contributed by atoms with E-state index in [4.69, 9.17) is 9.97 Å². The summed E-state index contributed by atoms with van der Waals surface area (Å²) in [5, 5.41) is 3.15. The summed E-state index contributed by atoms with van der Waals surface area (Å²) in [5.74, 6) is 2.24. The second kappa shape index (κ2) is 5.61. The lowest BCUT2D eigenvalue weighted by Gasteiger charge is -2.25. The minimum absolute atomic E-state index is 0.346. The monoisotopic (exact) mass is 267 g/mol. The molecule has 0 saturated carbocycles. The van der Waals surface area contributed by atoms with Gasteiger partial charge >= 0.3 is 0 Å².